The molecule has 2 aliphatic rings. The van der Waals surface area contributed by atoms with Crippen molar-refractivity contribution in [3.8, 4) is 11.5 Å². The van der Waals surface area contributed by atoms with Crippen LogP contribution >= 0.6 is 0 Å². The maximum absolute atomic E-state index is 13.3. The number of hydrogen-bond acceptors (Lipinski definition) is 6. The number of rotatable bonds is 6. The van der Waals surface area contributed by atoms with Crippen molar-refractivity contribution in [3.63, 3.8) is 0 Å². The minimum atomic E-state index is -0.668. The Kier molecular flexibility index (Phi) is 6.31. The number of carbonyl (C=O) groups excluding carboxylic acids is 2. The van der Waals surface area contributed by atoms with Crippen LogP contribution in [0.3, 0.4) is 0 Å². The highest BCUT2D eigenvalue weighted by molar-refractivity contribution is 6.46. The number of anilines is 1. The normalized spacial score (nSPS) is 20.4. The van der Waals surface area contributed by atoms with E-state index in [0.29, 0.717) is 17.1 Å². The zero-order valence-corrected chi connectivity index (χ0v) is 19.5. The lowest BCUT2D eigenvalue weighted by atomic mass is 9.94. The standard InChI is InChI=1S/C26H30N2O5/c1-27(2)17-11-9-16(10-12-17)23-22(25(30)26(31)28(23)18-7-5-6-8-18)24(29)20-14-13-19(32-3)15-21(20)33-4/h9-15,18,23,29H,5-8H2,1-4H3/b24-22-. The summed E-state index contributed by atoms with van der Waals surface area (Å²) in [7, 11) is 6.93. The average molecular weight is 451 g/mol. The van der Waals surface area contributed by atoms with Crippen LogP contribution < -0.4 is 14.4 Å². The minimum absolute atomic E-state index is 0.0250. The third kappa shape index (κ3) is 4.03. The number of aliphatic hydroxyl groups excluding tert-OH is 1. The molecule has 33 heavy (non-hydrogen) atoms. The van der Waals surface area contributed by atoms with E-state index in [1.54, 1.807) is 30.2 Å². The Bertz CT molecular complexity index is 1080. The maximum Gasteiger partial charge on any atom is 0.295 e. The first-order chi connectivity index (χ1) is 15.9. The number of likely N-dealkylation sites (tertiary alicyclic amines) is 1. The molecule has 174 valence electrons. The number of amides is 1. The van der Waals surface area contributed by atoms with Crippen molar-refractivity contribution in [1.82, 2.24) is 4.90 Å². The zero-order valence-electron chi connectivity index (χ0n) is 19.5. The van der Waals surface area contributed by atoms with Gasteiger partial charge in [0.2, 0.25) is 0 Å². The number of carbonyl (C=O) groups is 2. The van der Waals surface area contributed by atoms with Crippen molar-refractivity contribution in [3.05, 3.63) is 59.2 Å². The van der Waals surface area contributed by atoms with Gasteiger partial charge in [0.15, 0.2) is 0 Å². The highest BCUT2D eigenvalue weighted by Gasteiger charge is 2.49. The molecule has 1 amide bonds. The number of hydrogen-bond donors (Lipinski definition) is 1. The monoisotopic (exact) mass is 450 g/mol. The molecule has 0 bridgehead atoms. The summed E-state index contributed by atoms with van der Waals surface area (Å²) in [4.78, 5) is 30.2. The Balaban J connectivity index is 1.89. The number of methoxy groups -OCH3 is 2. The molecule has 1 atom stereocenters. The van der Waals surface area contributed by atoms with Gasteiger partial charge >= 0.3 is 0 Å². The molecule has 0 aromatic heterocycles. The van der Waals surface area contributed by atoms with E-state index in [2.05, 4.69) is 0 Å². The highest BCUT2D eigenvalue weighted by Crippen LogP contribution is 2.44. The lowest BCUT2D eigenvalue weighted by Crippen LogP contribution is -2.37. The van der Waals surface area contributed by atoms with Crippen LogP contribution in [0.4, 0.5) is 5.69 Å². The highest BCUT2D eigenvalue weighted by atomic mass is 16.5. The fraction of sp³-hybridized carbons (Fsp3) is 0.385. The van der Waals surface area contributed by atoms with Crippen LogP contribution in [0.1, 0.15) is 42.9 Å². The number of ether oxygens (including phenoxy) is 2. The molecule has 2 aromatic rings. The van der Waals surface area contributed by atoms with E-state index < -0.39 is 17.7 Å². The molecule has 4 rings (SSSR count). The maximum atomic E-state index is 13.3. The van der Waals surface area contributed by atoms with Crippen molar-refractivity contribution in [2.45, 2.75) is 37.8 Å². The second-order valence-electron chi connectivity index (χ2n) is 8.70. The predicted octanol–water partition coefficient (Wildman–Crippen LogP) is 4.13. The third-order valence-corrected chi connectivity index (χ3v) is 6.59. The molecule has 1 unspecified atom stereocenters. The molecule has 2 fully saturated rings. The first kappa shape index (κ1) is 22.7. The van der Waals surface area contributed by atoms with E-state index in [-0.39, 0.29) is 17.4 Å². The third-order valence-electron chi connectivity index (χ3n) is 6.59. The predicted molar refractivity (Wildman–Crippen MR) is 127 cm³/mol. The molecule has 1 saturated heterocycles. The summed E-state index contributed by atoms with van der Waals surface area (Å²) in [5.74, 6) is -0.544. The molecule has 7 heteroatoms. The molecule has 1 saturated carbocycles. The second-order valence-corrected chi connectivity index (χ2v) is 8.70. The molecule has 1 aliphatic heterocycles. The second kappa shape index (κ2) is 9.17. The van der Waals surface area contributed by atoms with E-state index >= 15 is 0 Å². The number of Topliss-reactive ketones (excluding diaryl/α,β-unsaturated/α-hetero) is 1. The lowest BCUT2D eigenvalue weighted by molar-refractivity contribution is -0.141. The van der Waals surface area contributed by atoms with Gasteiger partial charge in [0.25, 0.3) is 11.7 Å². The first-order valence-corrected chi connectivity index (χ1v) is 11.2. The van der Waals surface area contributed by atoms with Crippen LogP contribution in [0.2, 0.25) is 0 Å². The Morgan fingerprint density at radius 2 is 1.67 bits per heavy atom. The van der Waals surface area contributed by atoms with Crippen LogP contribution in [0.25, 0.3) is 5.76 Å². The SMILES string of the molecule is COc1ccc(/C(O)=C2/C(=O)C(=O)N(C3CCCC3)C2c2ccc(N(C)C)cc2)c(OC)c1. The molecule has 1 aliphatic carbocycles. The van der Waals surface area contributed by atoms with Crippen molar-refractivity contribution in [1.29, 1.82) is 0 Å². The Hall–Kier alpha value is -3.48. The van der Waals surface area contributed by atoms with Gasteiger partial charge in [0.1, 0.15) is 17.3 Å². The molecular formula is C26H30N2O5. The van der Waals surface area contributed by atoms with E-state index in [9.17, 15) is 14.7 Å². The van der Waals surface area contributed by atoms with E-state index in [4.69, 9.17) is 9.47 Å². The number of benzene rings is 2. The average Bonchev–Trinajstić information content (AvgIpc) is 3.45. The summed E-state index contributed by atoms with van der Waals surface area (Å²) in [6, 6.07) is 12.0. The quantitative estimate of drug-likeness (QED) is 0.405. The van der Waals surface area contributed by atoms with Crippen molar-refractivity contribution in [2.75, 3.05) is 33.2 Å². The largest absolute Gasteiger partial charge is 0.507 e. The van der Waals surface area contributed by atoms with Gasteiger partial charge in [-0.1, -0.05) is 25.0 Å². The fourth-order valence-corrected chi connectivity index (χ4v) is 4.83. The van der Waals surface area contributed by atoms with Crippen molar-refractivity contribution in [2.24, 2.45) is 0 Å². The summed E-state index contributed by atoms with van der Waals surface area (Å²) in [5, 5.41) is 11.4. The lowest BCUT2D eigenvalue weighted by Gasteiger charge is -2.31. The molecule has 0 radical (unpaired) electrons. The smallest absolute Gasteiger partial charge is 0.295 e. The van der Waals surface area contributed by atoms with Crippen LogP contribution in [-0.2, 0) is 9.59 Å². The Morgan fingerprint density at radius 3 is 2.24 bits per heavy atom. The fourth-order valence-electron chi connectivity index (χ4n) is 4.83. The summed E-state index contributed by atoms with van der Waals surface area (Å²) < 4.78 is 10.7. The van der Waals surface area contributed by atoms with Crippen LogP contribution in [-0.4, -0.2) is 56.1 Å². The summed E-state index contributed by atoms with van der Waals surface area (Å²) >= 11 is 0. The van der Waals surface area contributed by atoms with E-state index in [1.165, 1.54) is 7.11 Å². The van der Waals surface area contributed by atoms with Crippen molar-refractivity contribution >= 4 is 23.1 Å². The van der Waals surface area contributed by atoms with Gasteiger partial charge in [-0.2, -0.15) is 0 Å². The first-order valence-electron chi connectivity index (χ1n) is 11.2. The van der Waals surface area contributed by atoms with Crippen LogP contribution in [0, 0.1) is 0 Å². The van der Waals surface area contributed by atoms with Gasteiger partial charge in [-0.15, -0.1) is 0 Å². The van der Waals surface area contributed by atoms with E-state index in [0.717, 1.165) is 36.9 Å². The molecule has 1 N–H and O–H groups in total. The summed E-state index contributed by atoms with van der Waals surface area (Å²) in [6.07, 6.45) is 3.74. The number of nitrogens with zero attached hydrogens (tertiary/aromatic N) is 2. The van der Waals surface area contributed by atoms with Crippen LogP contribution in [0.5, 0.6) is 11.5 Å². The van der Waals surface area contributed by atoms with Gasteiger partial charge < -0.3 is 24.4 Å². The Morgan fingerprint density at radius 1 is 1.00 bits per heavy atom. The van der Waals surface area contributed by atoms with E-state index in [1.807, 2.05) is 43.3 Å². The molecule has 7 nitrogen and oxygen atoms in total. The molecule has 1 heterocycles. The minimum Gasteiger partial charge on any atom is -0.507 e. The molecule has 0 spiro atoms. The number of ketones is 1. The van der Waals surface area contributed by atoms with Gasteiger partial charge in [0.05, 0.1) is 31.4 Å². The molecular weight excluding hydrogens is 420 g/mol. The molecule has 2 aromatic carbocycles. The summed E-state index contributed by atoms with van der Waals surface area (Å²) in [6.45, 7) is 0. The van der Waals surface area contributed by atoms with Gasteiger partial charge in [0, 0.05) is 31.9 Å². The number of aliphatic hydroxyl groups is 1. The topological polar surface area (TPSA) is 79.3 Å². The van der Waals surface area contributed by atoms with Crippen molar-refractivity contribution < 1.29 is 24.2 Å². The van der Waals surface area contributed by atoms with Gasteiger partial charge in [-0.25, -0.2) is 0 Å². The van der Waals surface area contributed by atoms with Gasteiger partial charge in [-0.05, 0) is 42.7 Å². The zero-order chi connectivity index (χ0) is 23.7. The van der Waals surface area contributed by atoms with Crippen LogP contribution in [0.15, 0.2) is 48.0 Å². The van der Waals surface area contributed by atoms with Gasteiger partial charge in [-0.3, -0.25) is 9.59 Å². The summed E-state index contributed by atoms with van der Waals surface area (Å²) in [5.41, 5.74) is 2.24. The Labute approximate surface area is 194 Å².